The Kier molecular flexibility index (Phi) is 6.95. The zero-order chi connectivity index (χ0) is 19.1. The molecule has 6 heteroatoms. The smallest absolute Gasteiger partial charge is 0.313 e. The summed E-state index contributed by atoms with van der Waals surface area (Å²) in [6.45, 7) is 6.29. The number of rotatable bonds is 8. The van der Waals surface area contributed by atoms with Crippen LogP contribution >= 0.6 is 0 Å². The van der Waals surface area contributed by atoms with Crippen molar-refractivity contribution >= 4 is 11.9 Å². The van der Waals surface area contributed by atoms with Gasteiger partial charge in [0.1, 0.15) is 0 Å². The second-order valence-corrected chi connectivity index (χ2v) is 6.29. The minimum Gasteiger partial charge on any atom is -0.469 e. The molecule has 0 saturated heterocycles. The van der Waals surface area contributed by atoms with Gasteiger partial charge in [-0.15, -0.1) is 0 Å². The topological polar surface area (TPSA) is 70.4 Å². The molecule has 1 aromatic heterocycles. The van der Waals surface area contributed by atoms with Gasteiger partial charge in [-0.1, -0.05) is 25.5 Å². The van der Waals surface area contributed by atoms with Crippen LogP contribution in [-0.4, -0.2) is 35.4 Å². The first kappa shape index (κ1) is 19.7. The fraction of sp³-hybridized carbons (Fsp3) is 0.450. The number of ether oxygens (including phenoxy) is 2. The van der Waals surface area contributed by atoms with Crippen LogP contribution in [0.2, 0.25) is 0 Å². The maximum Gasteiger partial charge on any atom is 0.313 e. The highest BCUT2D eigenvalue weighted by atomic mass is 16.5. The van der Waals surface area contributed by atoms with E-state index in [1.54, 1.807) is 0 Å². The molecule has 0 N–H and O–H groups in total. The molecule has 6 nitrogen and oxygen atoms in total. The first-order valence-electron chi connectivity index (χ1n) is 8.83. The molecular weight excluding hydrogens is 332 g/mol. The lowest BCUT2D eigenvalue weighted by Crippen LogP contribution is -2.20. The van der Waals surface area contributed by atoms with Crippen LogP contribution in [0.1, 0.15) is 49.1 Å². The van der Waals surface area contributed by atoms with E-state index in [0.29, 0.717) is 12.2 Å². The fourth-order valence-electron chi connectivity index (χ4n) is 2.80. The van der Waals surface area contributed by atoms with E-state index in [1.165, 1.54) is 7.11 Å². The molecule has 0 bridgehead atoms. The Morgan fingerprint density at radius 3 is 2.62 bits per heavy atom. The number of aromatic nitrogens is 2. The SMILES string of the molecule is CCCCOC(=O)CC(C(=O)OC)c1cccc(-n2nc(C)cc2C)c1. The van der Waals surface area contributed by atoms with Crippen LogP contribution in [0.3, 0.4) is 0 Å². The number of esters is 2. The molecular formula is C20H26N2O4. The van der Waals surface area contributed by atoms with E-state index in [-0.39, 0.29) is 6.42 Å². The molecule has 1 atom stereocenters. The molecule has 1 unspecified atom stereocenters. The van der Waals surface area contributed by atoms with Gasteiger partial charge in [0.2, 0.25) is 0 Å². The molecule has 0 amide bonds. The van der Waals surface area contributed by atoms with Crippen molar-refractivity contribution in [3.05, 3.63) is 47.3 Å². The molecule has 140 valence electrons. The van der Waals surface area contributed by atoms with Crippen molar-refractivity contribution in [1.82, 2.24) is 9.78 Å². The van der Waals surface area contributed by atoms with Gasteiger partial charge < -0.3 is 9.47 Å². The minimum atomic E-state index is -0.703. The number of unbranched alkanes of at least 4 members (excludes halogenated alkanes) is 1. The molecule has 0 spiro atoms. The van der Waals surface area contributed by atoms with E-state index in [4.69, 9.17) is 9.47 Å². The standard InChI is InChI=1S/C20H26N2O4/c1-5-6-10-26-19(23)13-18(20(24)25-4)16-8-7-9-17(12-16)22-15(3)11-14(2)21-22/h7-9,11-12,18H,5-6,10,13H2,1-4H3. The second-order valence-electron chi connectivity index (χ2n) is 6.29. The molecule has 2 aromatic rings. The Hall–Kier alpha value is -2.63. The van der Waals surface area contributed by atoms with Crippen molar-refractivity contribution in [3.8, 4) is 5.69 Å². The van der Waals surface area contributed by atoms with E-state index in [2.05, 4.69) is 5.10 Å². The Bertz CT molecular complexity index is 767. The molecule has 0 saturated carbocycles. The van der Waals surface area contributed by atoms with Gasteiger partial charge in [-0.2, -0.15) is 5.10 Å². The van der Waals surface area contributed by atoms with Gasteiger partial charge in [0.15, 0.2) is 0 Å². The second kappa shape index (κ2) is 9.17. The molecule has 1 aromatic carbocycles. The number of hydrogen-bond donors (Lipinski definition) is 0. The summed E-state index contributed by atoms with van der Waals surface area (Å²) in [6, 6.07) is 9.42. The molecule has 0 aliphatic rings. The summed E-state index contributed by atoms with van der Waals surface area (Å²) in [5.41, 5.74) is 3.45. The minimum absolute atomic E-state index is 0.0447. The normalized spacial score (nSPS) is 11.8. The van der Waals surface area contributed by atoms with Crippen molar-refractivity contribution in [3.63, 3.8) is 0 Å². The summed E-state index contributed by atoms with van der Waals surface area (Å²) in [6.07, 6.45) is 1.71. The lowest BCUT2D eigenvalue weighted by molar-refractivity contribution is -0.150. The van der Waals surface area contributed by atoms with Gasteiger partial charge in [0, 0.05) is 5.69 Å². The van der Waals surface area contributed by atoms with Crippen LogP contribution in [0.5, 0.6) is 0 Å². The van der Waals surface area contributed by atoms with Crippen LogP contribution in [0.15, 0.2) is 30.3 Å². The number of aryl methyl sites for hydroxylation is 2. The summed E-state index contributed by atoms with van der Waals surface area (Å²) < 4.78 is 11.9. The Morgan fingerprint density at radius 1 is 1.23 bits per heavy atom. The predicted molar refractivity (Wildman–Crippen MR) is 98.3 cm³/mol. The molecule has 2 rings (SSSR count). The summed E-state index contributed by atoms with van der Waals surface area (Å²) in [5.74, 6) is -1.56. The number of carbonyl (C=O) groups excluding carboxylic acids is 2. The number of nitrogens with zero attached hydrogens (tertiary/aromatic N) is 2. The summed E-state index contributed by atoms with van der Waals surface area (Å²) in [5, 5.41) is 4.47. The maximum atomic E-state index is 12.2. The maximum absolute atomic E-state index is 12.2. The molecule has 0 aliphatic carbocycles. The van der Waals surface area contributed by atoms with Crippen molar-refractivity contribution < 1.29 is 19.1 Å². The lowest BCUT2D eigenvalue weighted by atomic mass is 9.95. The highest BCUT2D eigenvalue weighted by molar-refractivity contribution is 5.84. The number of methoxy groups -OCH3 is 1. The van der Waals surface area contributed by atoms with Crippen LogP contribution < -0.4 is 0 Å². The van der Waals surface area contributed by atoms with Crippen molar-refractivity contribution in [2.24, 2.45) is 0 Å². The largest absolute Gasteiger partial charge is 0.469 e. The van der Waals surface area contributed by atoms with Crippen molar-refractivity contribution in [1.29, 1.82) is 0 Å². The Balaban J connectivity index is 2.25. The molecule has 0 fully saturated rings. The average Bonchev–Trinajstić information content (AvgIpc) is 2.97. The van der Waals surface area contributed by atoms with E-state index >= 15 is 0 Å². The van der Waals surface area contributed by atoms with Crippen LogP contribution in [0, 0.1) is 13.8 Å². The van der Waals surface area contributed by atoms with Crippen molar-refractivity contribution in [2.45, 2.75) is 46.0 Å². The third-order valence-corrected chi connectivity index (χ3v) is 4.14. The van der Waals surface area contributed by atoms with E-state index in [0.717, 1.165) is 29.9 Å². The Labute approximate surface area is 154 Å². The van der Waals surface area contributed by atoms with Crippen LogP contribution in [0.25, 0.3) is 5.69 Å². The third kappa shape index (κ3) is 4.94. The molecule has 1 heterocycles. The zero-order valence-electron chi connectivity index (χ0n) is 15.8. The van der Waals surface area contributed by atoms with Gasteiger partial charge >= 0.3 is 11.9 Å². The summed E-state index contributed by atoms with van der Waals surface area (Å²) >= 11 is 0. The fourth-order valence-corrected chi connectivity index (χ4v) is 2.80. The van der Waals surface area contributed by atoms with Gasteiger partial charge in [0.05, 0.1) is 37.4 Å². The molecule has 0 radical (unpaired) electrons. The average molecular weight is 358 g/mol. The summed E-state index contributed by atoms with van der Waals surface area (Å²) in [7, 11) is 1.32. The van der Waals surface area contributed by atoms with Gasteiger partial charge in [-0.3, -0.25) is 9.59 Å². The quantitative estimate of drug-likeness (QED) is 0.534. The van der Waals surface area contributed by atoms with E-state index in [1.807, 2.05) is 55.8 Å². The molecule has 26 heavy (non-hydrogen) atoms. The van der Waals surface area contributed by atoms with Crippen LogP contribution in [-0.2, 0) is 19.1 Å². The van der Waals surface area contributed by atoms with E-state index in [9.17, 15) is 9.59 Å². The molecule has 0 aliphatic heterocycles. The van der Waals surface area contributed by atoms with Gasteiger partial charge in [0.25, 0.3) is 0 Å². The first-order chi connectivity index (χ1) is 12.5. The predicted octanol–water partition coefficient (Wildman–Crippen LogP) is 3.48. The Morgan fingerprint density at radius 2 is 2.00 bits per heavy atom. The van der Waals surface area contributed by atoms with Gasteiger partial charge in [-0.05, 0) is 44.0 Å². The highest BCUT2D eigenvalue weighted by Crippen LogP contribution is 2.25. The number of hydrogen-bond acceptors (Lipinski definition) is 5. The van der Waals surface area contributed by atoms with Crippen LogP contribution in [0.4, 0.5) is 0 Å². The van der Waals surface area contributed by atoms with E-state index < -0.39 is 17.9 Å². The third-order valence-electron chi connectivity index (χ3n) is 4.14. The zero-order valence-corrected chi connectivity index (χ0v) is 15.8. The first-order valence-corrected chi connectivity index (χ1v) is 8.83. The number of carbonyl (C=O) groups is 2. The highest BCUT2D eigenvalue weighted by Gasteiger charge is 2.26. The van der Waals surface area contributed by atoms with Crippen molar-refractivity contribution in [2.75, 3.05) is 13.7 Å². The van der Waals surface area contributed by atoms with Gasteiger partial charge in [-0.25, -0.2) is 4.68 Å². The lowest BCUT2D eigenvalue weighted by Gasteiger charge is -2.16. The summed E-state index contributed by atoms with van der Waals surface area (Å²) in [4.78, 5) is 24.3. The monoisotopic (exact) mass is 358 g/mol. The number of benzene rings is 1.